The van der Waals surface area contributed by atoms with Crippen molar-refractivity contribution in [1.82, 2.24) is 15.5 Å². The van der Waals surface area contributed by atoms with Crippen LogP contribution >= 0.6 is 0 Å². The number of piperazine rings is 1. The molecule has 1 aromatic carbocycles. The summed E-state index contributed by atoms with van der Waals surface area (Å²) in [6.07, 6.45) is -3.48. The number of aromatic nitrogens is 2. The maximum Gasteiger partial charge on any atom is 0.490 e. The first-order valence-electron chi connectivity index (χ1n) is 10.3. The topological polar surface area (TPSA) is 141 Å². The van der Waals surface area contributed by atoms with Gasteiger partial charge in [0, 0.05) is 56.5 Å². The summed E-state index contributed by atoms with van der Waals surface area (Å²) in [5.41, 5.74) is 1.92. The Kier molecular flexibility index (Phi) is 7.91. The maximum atomic E-state index is 11.1. The fraction of sp³-hybridized carbons (Fsp3) is 0.273. The van der Waals surface area contributed by atoms with Crippen molar-refractivity contribution in [2.75, 3.05) is 36.4 Å². The number of carboxylic acids is 1. The summed E-state index contributed by atoms with van der Waals surface area (Å²) in [6, 6.07) is 10.8. The second-order valence-electron chi connectivity index (χ2n) is 7.40. The zero-order valence-corrected chi connectivity index (χ0v) is 18.5. The van der Waals surface area contributed by atoms with Crippen LogP contribution in [0, 0.1) is 0 Å². The predicted molar refractivity (Wildman–Crippen MR) is 120 cm³/mol. The van der Waals surface area contributed by atoms with Gasteiger partial charge >= 0.3 is 12.1 Å². The van der Waals surface area contributed by atoms with Gasteiger partial charge in [0.25, 0.3) is 0 Å². The van der Waals surface area contributed by atoms with Gasteiger partial charge in [0.1, 0.15) is 11.6 Å². The van der Waals surface area contributed by atoms with E-state index in [2.05, 4.69) is 25.7 Å². The summed E-state index contributed by atoms with van der Waals surface area (Å²) in [5, 5.41) is 28.0. The number of benzene rings is 1. The number of nitrogens with zero attached hydrogens (tertiary/aromatic N) is 3. The number of carbonyl (C=O) groups excluding carboxylic acids is 1. The van der Waals surface area contributed by atoms with Gasteiger partial charge in [-0.15, -0.1) is 0 Å². The van der Waals surface area contributed by atoms with E-state index >= 15 is 0 Å². The number of carbonyl (C=O) groups is 2. The van der Waals surface area contributed by atoms with Gasteiger partial charge in [-0.3, -0.25) is 4.79 Å². The van der Waals surface area contributed by atoms with Crippen LogP contribution in [0.25, 0.3) is 22.5 Å². The molecule has 0 bridgehead atoms. The van der Waals surface area contributed by atoms with Crippen LogP contribution in [0.2, 0.25) is 0 Å². The molecule has 0 aliphatic carbocycles. The average molecular weight is 493 g/mol. The standard InChI is InChI=1S/C20H21N5O3.C2HF3O2/c1-13(26)23-18-6-5-14(12-22-18)15-3-2-4-16(20(15)27)17-11-19(24-28-17)25-9-7-21-8-10-25;3-2(4,5)1(6)7/h2-6,11-12,21,27H,7-10H2,1H3,(H,22,23,26);(H,6,7). The molecule has 0 atom stereocenters. The molecule has 4 rings (SSSR count). The van der Waals surface area contributed by atoms with Gasteiger partial charge in [-0.05, 0) is 18.2 Å². The van der Waals surface area contributed by atoms with E-state index < -0.39 is 12.1 Å². The van der Waals surface area contributed by atoms with Gasteiger partial charge in [0.05, 0.1) is 5.56 Å². The largest absolute Gasteiger partial charge is 0.507 e. The molecule has 3 heterocycles. The number of aromatic hydroxyl groups is 1. The Bertz CT molecular complexity index is 1170. The first-order chi connectivity index (χ1) is 16.6. The Balaban J connectivity index is 0.000000429. The molecule has 0 radical (unpaired) electrons. The van der Waals surface area contributed by atoms with Crippen molar-refractivity contribution in [3.8, 4) is 28.2 Å². The van der Waals surface area contributed by atoms with E-state index in [0.717, 1.165) is 37.6 Å². The van der Waals surface area contributed by atoms with Crippen LogP contribution in [0.15, 0.2) is 47.1 Å². The summed E-state index contributed by atoms with van der Waals surface area (Å²) >= 11 is 0. The number of alkyl halides is 3. The van der Waals surface area contributed by atoms with E-state index in [4.69, 9.17) is 14.4 Å². The van der Waals surface area contributed by atoms with Gasteiger partial charge < -0.3 is 30.3 Å². The Labute approximate surface area is 197 Å². The highest BCUT2D eigenvalue weighted by atomic mass is 19.4. The summed E-state index contributed by atoms with van der Waals surface area (Å²) < 4.78 is 37.2. The van der Waals surface area contributed by atoms with E-state index in [-0.39, 0.29) is 11.7 Å². The van der Waals surface area contributed by atoms with E-state index in [1.165, 1.54) is 6.92 Å². The Morgan fingerprint density at radius 2 is 1.80 bits per heavy atom. The summed E-state index contributed by atoms with van der Waals surface area (Å²) in [4.78, 5) is 26.4. The molecule has 10 nitrogen and oxygen atoms in total. The van der Waals surface area contributed by atoms with Crippen molar-refractivity contribution >= 4 is 23.5 Å². The summed E-state index contributed by atoms with van der Waals surface area (Å²) in [5.74, 6) is -1.11. The zero-order valence-electron chi connectivity index (χ0n) is 18.5. The number of nitrogens with one attached hydrogen (secondary N) is 2. The molecule has 0 saturated carbocycles. The lowest BCUT2D eigenvalue weighted by molar-refractivity contribution is -0.192. The molecular formula is C22H22F3N5O5. The van der Waals surface area contributed by atoms with Crippen molar-refractivity contribution in [2.45, 2.75) is 13.1 Å². The van der Waals surface area contributed by atoms with Gasteiger partial charge in [0.2, 0.25) is 5.91 Å². The number of rotatable bonds is 4. The van der Waals surface area contributed by atoms with E-state index in [0.29, 0.717) is 22.7 Å². The second-order valence-corrected chi connectivity index (χ2v) is 7.40. The van der Waals surface area contributed by atoms with Crippen molar-refractivity contribution in [2.24, 2.45) is 0 Å². The lowest BCUT2D eigenvalue weighted by atomic mass is 10.0. The molecule has 186 valence electrons. The van der Waals surface area contributed by atoms with Crippen LogP contribution in [-0.4, -0.2) is 64.6 Å². The number of carboxylic acid groups (broad SMARTS) is 1. The highest BCUT2D eigenvalue weighted by molar-refractivity contribution is 5.88. The lowest BCUT2D eigenvalue weighted by Crippen LogP contribution is -2.43. The Morgan fingerprint density at radius 1 is 1.14 bits per heavy atom. The molecule has 1 aliphatic rings. The third-order valence-electron chi connectivity index (χ3n) is 4.86. The van der Waals surface area contributed by atoms with E-state index in [9.17, 15) is 23.1 Å². The number of pyridine rings is 1. The smallest absolute Gasteiger partial charge is 0.490 e. The first kappa shape index (κ1) is 25.5. The van der Waals surface area contributed by atoms with E-state index in [1.54, 1.807) is 24.4 Å². The van der Waals surface area contributed by atoms with Crippen LogP contribution in [0.3, 0.4) is 0 Å². The van der Waals surface area contributed by atoms with Gasteiger partial charge in [0.15, 0.2) is 11.6 Å². The molecule has 0 unspecified atom stereocenters. The van der Waals surface area contributed by atoms with Crippen molar-refractivity contribution in [3.05, 3.63) is 42.6 Å². The zero-order chi connectivity index (χ0) is 25.6. The maximum absolute atomic E-state index is 11.1. The predicted octanol–water partition coefficient (Wildman–Crippen LogP) is 3.11. The Hall–Kier alpha value is -4.13. The fourth-order valence-electron chi connectivity index (χ4n) is 3.22. The molecule has 1 aliphatic heterocycles. The quantitative estimate of drug-likeness (QED) is 0.431. The average Bonchev–Trinajstić information content (AvgIpc) is 3.30. The van der Waals surface area contributed by atoms with E-state index in [1.807, 2.05) is 18.2 Å². The fourth-order valence-corrected chi connectivity index (χ4v) is 3.22. The van der Waals surface area contributed by atoms with Crippen LogP contribution in [-0.2, 0) is 9.59 Å². The molecule has 4 N–H and O–H groups in total. The number of phenolic OH excluding ortho intramolecular Hbond substituents is 1. The minimum atomic E-state index is -5.08. The van der Waals surface area contributed by atoms with Crippen LogP contribution in [0.4, 0.5) is 24.8 Å². The Morgan fingerprint density at radius 3 is 2.37 bits per heavy atom. The normalized spacial score (nSPS) is 13.5. The minimum Gasteiger partial charge on any atom is -0.507 e. The lowest BCUT2D eigenvalue weighted by Gasteiger charge is -2.26. The highest BCUT2D eigenvalue weighted by Crippen LogP contribution is 2.39. The van der Waals surface area contributed by atoms with Crippen molar-refractivity contribution < 1.29 is 37.5 Å². The summed E-state index contributed by atoms with van der Waals surface area (Å²) in [7, 11) is 0. The SMILES string of the molecule is CC(=O)Nc1ccc(-c2cccc(-c3cc(N4CCNCC4)no3)c2O)cn1.O=C(O)C(F)(F)F. The molecule has 35 heavy (non-hydrogen) atoms. The molecule has 1 fully saturated rings. The van der Waals surface area contributed by atoms with Gasteiger partial charge in [-0.1, -0.05) is 17.3 Å². The summed E-state index contributed by atoms with van der Waals surface area (Å²) in [6.45, 7) is 4.97. The molecule has 0 spiro atoms. The highest BCUT2D eigenvalue weighted by Gasteiger charge is 2.38. The number of hydrogen-bond donors (Lipinski definition) is 4. The number of anilines is 2. The first-order valence-corrected chi connectivity index (χ1v) is 10.3. The molecule has 13 heteroatoms. The number of para-hydroxylation sites is 1. The second kappa shape index (κ2) is 10.9. The van der Waals surface area contributed by atoms with Crippen molar-refractivity contribution in [3.63, 3.8) is 0 Å². The molecule has 1 amide bonds. The number of halogens is 3. The molecular weight excluding hydrogens is 471 g/mol. The number of hydrogen-bond acceptors (Lipinski definition) is 8. The van der Waals surface area contributed by atoms with Gasteiger partial charge in [-0.25, -0.2) is 9.78 Å². The number of phenols is 1. The van der Waals surface area contributed by atoms with Crippen LogP contribution in [0.1, 0.15) is 6.92 Å². The third kappa shape index (κ3) is 6.69. The molecule has 1 saturated heterocycles. The molecule has 2 aromatic heterocycles. The van der Waals surface area contributed by atoms with Gasteiger partial charge in [-0.2, -0.15) is 13.2 Å². The monoisotopic (exact) mass is 493 g/mol. The molecule has 3 aromatic rings. The van der Waals surface area contributed by atoms with Crippen LogP contribution < -0.4 is 15.5 Å². The van der Waals surface area contributed by atoms with Crippen LogP contribution in [0.5, 0.6) is 5.75 Å². The van der Waals surface area contributed by atoms with Crippen molar-refractivity contribution in [1.29, 1.82) is 0 Å². The minimum absolute atomic E-state index is 0.0968. The third-order valence-corrected chi connectivity index (χ3v) is 4.86. The number of aliphatic carboxylic acids is 1. The number of amides is 1.